The summed E-state index contributed by atoms with van der Waals surface area (Å²) in [4.78, 5) is 16.5. The molecule has 0 amide bonds. The van der Waals surface area contributed by atoms with E-state index in [-0.39, 0.29) is 45.2 Å². The first kappa shape index (κ1) is 35.0. The number of benzene rings is 3. The SMILES string of the molecule is Cc1[c-]c(-c2nccc3cc(C4CCC(F)C4)ccc23)c2oc3ccccc3c2c1.O=C(/C=C(\O)C1CCCC1)C1CCCC1.[CH3-].[Ir]. The fraction of sp³-hybridized carbons (Fsp3) is 0.390. The van der Waals surface area contributed by atoms with Gasteiger partial charge < -0.3 is 21.9 Å². The summed E-state index contributed by atoms with van der Waals surface area (Å²) in [6, 6.07) is 22.2. The average molecular weight is 810 g/mol. The van der Waals surface area contributed by atoms with Crippen LogP contribution in [0.2, 0.25) is 0 Å². The molecule has 3 saturated carbocycles. The Morgan fingerprint density at radius 2 is 1.64 bits per heavy atom. The predicted molar refractivity (Wildman–Crippen MR) is 186 cm³/mol. The molecule has 5 aromatic rings. The van der Waals surface area contributed by atoms with E-state index in [1.807, 2.05) is 30.5 Å². The van der Waals surface area contributed by atoms with Crippen molar-refractivity contribution >= 4 is 38.5 Å². The van der Waals surface area contributed by atoms with Gasteiger partial charge in [0.1, 0.15) is 11.8 Å². The Balaban J connectivity index is 0.000000217. The Bertz CT molecular complexity index is 1880. The van der Waals surface area contributed by atoms with Crippen molar-refractivity contribution in [3.05, 3.63) is 97.2 Å². The molecule has 2 aromatic heterocycles. The second kappa shape index (κ2) is 15.3. The molecular formula is C41H44FIrNO3-2. The number of aromatic nitrogens is 1. The standard InChI is InChI=1S/C27H21FNO.C13H20O2.CH3.Ir/c1-16-12-23-22-4-2-3-5-25(22)30-27(23)24(13-16)26-21-9-7-17(14-19(21)10-11-29-26)18-6-8-20(28)15-18;14-12(10-5-1-2-6-10)9-13(15)11-7-3-4-8-11;;/h2-5,7,9-12,14,18,20H,6,8,15H2,1H3;9-11,14H,1-8H2;1H3;/q-1;;-1;/b;12-9-;;. The van der Waals surface area contributed by atoms with E-state index in [0.29, 0.717) is 24.5 Å². The van der Waals surface area contributed by atoms with Crippen LogP contribution < -0.4 is 0 Å². The summed E-state index contributed by atoms with van der Waals surface area (Å²) in [6.07, 6.45) is 13.8. The average Bonchev–Trinajstić information content (AvgIpc) is 3.88. The van der Waals surface area contributed by atoms with Gasteiger partial charge in [0, 0.05) is 49.6 Å². The molecule has 2 atom stereocenters. The maximum absolute atomic E-state index is 13.7. The number of furan rings is 1. The Morgan fingerprint density at radius 3 is 2.36 bits per heavy atom. The van der Waals surface area contributed by atoms with E-state index < -0.39 is 6.17 Å². The first-order valence-corrected chi connectivity index (χ1v) is 16.8. The quantitative estimate of drug-likeness (QED) is 0.109. The second-order valence-electron chi connectivity index (χ2n) is 13.4. The maximum atomic E-state index is 13.7. The number of allylic oxidation sites excluding steroid dienone is 2. The molecule has 3 fully saturated rings. The number of aliphatic hydroxyl groups excluding tert-OH is 1. The van der Waals surface area contributed by atoms with Crippen LogP contribution in [0.25, 0.3) is 44.0 Å². The number of aliphatic hydroxyl groups is 1. The molecule has 3 aliphatic rings. The minimum Gasteiger partial charge on any atom is -0.512 e. The van der Waals surface area contributed by atoms with Gasteiger partial charge in [-0.25, -0.2) is 4.39 Å². The van der Waals surface area contributed by atoms with E-state index in [9.17, 15) is 14.3 Å². The molecule has 3 aromatic carbocycles. The number of nitrogens with zero attached hydrogens (tertiary/aromatic N) is 1. The van der Waals surface area contributed by atoms with Crippen LogP contribution in [0.3, 0.4) is 0 Å². The molecule has 0 bridgehead atoms. The zero-order chi connectivity index (χ0) is 30.9. The molecule has 1 radical (unpaired) electrons. The molecule has 8 rings (SSSR count). The van der Waals surface area contributed by atoms with Crippen LogP contribution in [0.5, 0.6) is 0 Å². The Morgan fingerprint density at radius 1 is 0.915 bits per heavy atom. The van der Waals surface area contributed by atoms with E-state index >= 15 is 0 Å². The molecule has 1 N–H and O–H groups in total. The maximum Gasteiger partial charge on any atom is 0.162 e. The van der Waals surface area contributed by atoms with Crippen molar-refractivity contribution in [3.63, 3.8) is 0 Å². The summed E-state index contributed by atoms with van der Waals surface area (Å²) in [5.41, 5.74) is 5.74. The third kappa shape index (κ3) is 7.39. The molecule has 2 heterocycles. The van der Waals surface area contributed by atoms with Gasteiger partial charge in [0.15, 0.2) is 5.78 Å². The van der Waals surface area contributed by atoms with Gasteiger partial charge in [0.2, 0.25) is 0 Å². The topological polar surface area (TPSA) is 63.3 Å². The number of pyridine rings is 1. The molecule has 0 spiro atoms. The van der Waals surface area contributed by atoms with E-state index in [1.165, 1.54) is 37.3 Å². The first-order valence-electron chi connectivity index (χ1n) is 16.8. The third-order valence-electron chi connectivity index (χ3n) is 10.2. The number of aryl methyl sites for hydroxylation is 1. The number of hydrogen-bond donors (Lipinski definition) is 1. The summed E-state index contributed by atoms with van der Waals surface area (Å²) >= 11 is 0. The van der Waals surface area contributed by atoms with Gasteiger partial charge in [-0.3, -0.25) is 4.79 Å². The summed E-state index contributed by atoms with van der Waals surface area (Å²) in [5, 5.41) is 14.2. The number of ketones is 1. The van der Waals surface area contributed by atoms with Crippen molar-refractivity contribution in [2.75, 3.05) is 0 Å². The van der Waals surface area contributed by atoms with Gasteiger partial charge in [0.05, 0.1) is 11.3 Å². The summed E-state index contributed by atoms with van der Waals surface area (Å²) in [5.74, 6) is 1.30. The Hall–Kier alpha value is -3.34. The van der Waals surface area contributed by atoms with Crippen molar-refractivity contribution in [2.24, 2.45) is 11.8 Å². The van der Waals surface area contributed by atoms with E-state index in [0.717, 1.165) is 81.6 Å². The van der Waals surface area contributed by atoms with Crippen LogP contribution >= 0.6 is 0 Å². The Kier molecular flexibility index (Phi) is 11.4. The van der Waals surface area contributed by atoms with Crippen LogP contribution in [0.1, 0.15) is 87.7 Å². The van der Waals surface area contributed by atoms with Gasteiger partial charge in [-0.1, -0.05) is 80.0 Å². The monoisotopic (exact) mass is 810 g/mol. The number of carbonyl (C=O) groups excluding carboxylic acids is 1. The second-order valence-corrected chi connectivity index (χ2v) is 13.4. The number of halogens is 1. The number of para-hydroxylation sites is 1. The van der Waals surface area contributed by atoms with Crippen molar-refractivity contribution < 1.29 is 38.8 Å². The molecule has 3 aliphatic carbocycles. The van der Waals surface area contributed by atoms with Crippen molar-refractivity contribution in [3.8, 4) is 11.3 Å². The van der Waals surface area contributed by atoms with E-state index in [2.05, 4.69) is 43.3 Å². The molecule has 2 unspecified atom stereocenters. The van der Waals surface area contributed by atoms with Crippen LogP contribution in [-0.4, -0.2) is 22.0 Å². The molecule has 4 nitrogen and oxygen atoms in total. The van der Waals surface area contributed by atoms with Gasteiger partial charge >= 0.3 is 0 Å². The van der Waals surface area contributed by atoms with Crippen LogP contribution in [0, 0.1) is 32.3 Å². The fourth-order valence-corrected chi connectivity index (χ4v) is 7.76. The summed E-state index contributed by atoms with van der Waals surface area (Å²) in [7, 11) is 0. The number of alkyl halides is 1. The van der Waals surface area contributed by atoms with Crippen molar-refractivity contribution in [2.45, 2.75) is 89.6 Å². The first-order chi connectivity index (χ1) is 21.9. The van der Waals surface area contributed by atoms with Gasteiger partial charge in [0.25, 0.3) is 0 Å². The molecule has 47 heavy (non-hydrogen) atoms. The van der Waals surface area contributed by atoms with Gasteiger partial charge in [-0.05, 0) is 85.0 Å². The predicted octanol–water partition coefficient (Wildman–Crippen LogP) is 11.3. The van der Waals surface area contributed by atoms with Crippen molar-refractivity contribution in [1.82, 2.24) is 4.98 Å². The summed E-state index contributed by atoms with van der Waals surface area (Å²) in [6.45, 7) is 2.06. The Labute approximate surface area is 291 Å². The van der Waals surface area contributed by atoms with Crippen LogP contribution in [0.4, 0.5) is 4.39 Å². The normalized spacial score (nSPS) is 20.3. The number of rotatable bonds is 5. The third-order valence-corrected chi connectivity index (χ3v) is 10.2. The van der Waals surface area contributed by atoms with Gasteiger partial charge in [-0.2, -0.15) is 0 Å². The zero-order valence-corrected chi connectivity index (χ0v) is 29.8. The van der Waals surface area contributed by atoms with Crippen LogP contribution in [-0.2, 0) is 24.9 Å². The number of hydrogen-bond acceptors (Lipinski definition) is 4. The molecule has 6 heteroatoms. The molecular weight excluding hydrogens is 766 g/mol. The van der Waals surface area contributed by atoms with Gasteiger partial charge in [-0.15, -0.1) is 17.7 Å². The largest absolute Gasteiger partial charge is 0.512 e. The number of carbonyl (C=O) groups is 1. The molecule has 0 aliphatic heterocycles. The minimum absolute atomic E-state index is 0. The smallest absolute Gasteiger partial charge is 0.162 e. The van der Waals surface area contributed by atoms with Crippen molar-refractivity contribution in [1.29, 1.82) is 0 Å². The van der Waals surface area contributed by atoms with E-state index in [4.69, 9.17) is 9.40 Å². The van der Waals surface area contributed by atoms with E-state index in [1.54, 1.807) is 0 Å². The molecule has 0 saturated heterocycles. The molecule has 249 valence electrons. The van der Waals surface area contributed by atoms with Crippen LogP contribution in [0.15, 0.2) is 77.0 Å². The summed E-state index contributed by atoms with van der Waals surface area (Å²) < 4.78 is 20.0. The zero-order valence-electron chi connectivity index (χ0n) is 27.4. The number of fused-ring (bicyclic) bond motifs is 4. The minimum atomic E-state index is -0.665. The fourth-order valence-electron chi connectivity index (χ4n) is 7.76.